The molecule has 28 heavy (non-hydrogen) atoms. The predicted octanol–water partition coefficient (Wildman–Crippen LogP) is 1.85. The van der Waals surface area contributed by atoms with Gasteiger partial charge in [0.2, 0.25) is 0 Å². The number of carbonyl (C=O) groups is 1. The van der Waals surface area contributed by atoms with Crippen molar-refractivity contribution in [3.05, 3.63) is 46.6 Å². The van der Waals surface area contributed by atoms with Crippen molar-refractivity contribution in [3.8, 4) is 5.82 Å². The third kappa shape index (κ3) is 3.23. The highest BCUT2D eigenvalue weighted by atomic mass is 16.5. The number of carbonyl (C=O) groups excluding carboxylic acids is 1. The van der Waals surface area contributed by atoms with Crippen molar-refractivity contribution in [1.29, 1.82) is 0 Å². The zero-order chi connectivity index (χ0) is 19.8. The van der Waals surface area contributed by atoms with Crippen LogP contribution in [-0.2, 0) is 0 Å². The van der Waals surface area contributed by atoms with Crippen molar-refractivity contribution in [1.82, 2.24) is 30.0 Å². The van der Waals surface area contributed by atoms with Crippen LogP contribution in [0.2, 0.25) is 0 Å². The molecule has 0 aromatic carbocycles. The number of aromatic nitrogens is 5. The van der Waals surface area contributed by atoms with Gasteiger partial charge in [-0.15, -0.1) is 10.2 Å². The molecule has 1 aliphatic heterocycles. The maximum atomic E-state index is 12.8. The van der Waals surface area contributed by atoms with E-state index in [1.165, 1.54) is 0 Å². The van der Waals surface area contributed by atoms with E-state index in [0.29, 0.717) is 49.0 Å². The summed E-state index contributed by atoms with van der Waals surface area (Å²) in [5.41, 5.74) is 3.17. The fourth-order valence-electron chi connectivity index (χ4n) is 3.55. The molecule has 1 fully saturated rings. The lowest BCUT2D eigenvalue weighted by Crippen LogP contribution is -2.49. The normalized spacial score (nSPS) is 14.6. The monoisotopic (exact) mass is 381 g/mol. The summed E-state index contributed by atoms with van der Waals surface area (Å²) >= 11 is 0. The number of hydrogen-bond donors (Lipinski definition) is 0. The van der Waals surface area contributed by atoms with Crippen LogP contribution < -0.4 is 4.90 Å². The third-order valence-corrected chi connectivity index (χ3v) is 5.00. The topological polar surface area (TPSA) is 93.2 Å². The molecule has 0 aliphatic carbocycles. The van der Waals surface area contributed by atoms with Crippen LogP contribution in [0.25, 0.3) is 5.82 Å². The van der Waals surface area contributed by atoms with Crippen LogP contribution in [0.4, 0.5) is 5.82 Å². The van der Waals surface area contributed by atoms with Gasteiger partial charge in [0.05, 0.1) is 11.4 Å². The molecular weight excluding hydrogens is 358 g/mol. The smallest absolute Gasteiger partial charge is 0.259 e. The summed E-state index contributed by atoms with van der Waals surface area (Å²) < 4.78 is 6.91. The average Bonchev–Trinajstić information content (AvgIpc) is 3.22. The van der Waals surface area contributed by atoms with E-state index >= 15 is 0 Å². The van der Waals surface area contributed by atoms with E-state index in [1.54, 1.807) is 18.5 Å². The Morgan fingerprint density at radius 1 is 1.00 bits per heavy atom. The van der Waals surface area contributed by atoms with E-state index in [-0.39, 0.29) is 5.91 Å². The molecule has 1 aliphatic rings. The number of piperazine rings is 1. The lowest BCUT2D eigenvalue weighted by molar-refractivity contribution is 0.0744. The maximum Gasteiger partial charge on any atom is 0.259 e. The van der Waals surface area contributed by atoms with E-state index < -0.39 is 0 Å². The quantitative estimate of drug-likeness (QED) is 0.683. The molecule has 0 saturated carbocycles. The fourth-order valence-corrected chi connectivity index (χ4v) is 3.55. The molecule has 1 saturated heterocycles. The molecule has 4 heterocycles. The average molecular weight is 381 g/mol. The largest absolute Gasteiger partial charge is 0.361 e. The first kappa shape index (κ1) is 18.1. The number of rotatable bonds is 3. The number of hydrogen-bond acceptors (Lipinski definition) is 7. The van der Waals surface area contributed by atoms with E-state index in [9.17, 15) is 4.79 Å². The molecule has 3 aromatic heterocycles. The van der Waals surface area contributed by atoms with Crippen molar-refractivity contribution in [2.24, 2.45) is 0 Å². The minimum atomic E-state index is -0.0261. The van der Waals surface area contributed by atoms with Gasteiger partial charge in [-0.05, 0) is 45.9 Å². The Labute approximate surface area is 162 Å². The highest BCUT2D eigenvalue weighted by molar-refractivity contribution is 5.96. The van der Waals surface area contributed by atoms with Gasteiger partial charge in [0, 0.05) is 31.9 Å². The second-order valence-electron chi connectivity index (χ2n) is 7.07. The summed E-state index contributed by atoms with van der Waals surface area (Å²) in [6, 6.07) is 5.87. The Balaban J connectivity index is 1.42. The van der Waals surface area contributed by atoms with Gasteiger partial charge in [0.15, 0.2) is 11.6 Å². The zero-order valence-corrected chi connectivity index (χ0v) is 16.5. The van der Waals surface area contributed by atoms with Crippen molar-refractivity contribution >= 4 is 11.7 Å². The molecule has 0 atom stereocenters. The lowest BCUT2D eigenvalue weighted by atomic mass is 10.1. The van der Waals surface area contributed by atoms with Crippen molar-refractivity contribution in [2.75, 3.05) is 31.1 Å². The second-order valence-corrected chi connectivity index (χ2v) is 7.07. The Bertz CT molecular complexity index is 978. The molecule has 3 aromatic rings. The minimum Gasteiger partial charge on any atom is -0.361 e. The second kappa shape index (κ2) is 7.06. The highest BCUT2D eigenvalue weighted by Gasteiger charge is 2.27. The lowest BCUT2D eigenvalue weighted by Gasteiger charge is -2.35. The molecule has 9 heteroatoms. The molecule has 0 spiro atoms. The van der Waals surface area contributed by atoms with Gasteiger partial charge in [-0.3, -0.25) is 4.79 Å². The van der Waals surface area contributed by atoms with Crippen LogP contribution in [0.3, 0.4) is 0 Å². The SMILES string of the molecule is Cc1cc(C)n(-c2ccc(N3CCN(C(=O)c4c(C)noc4C)CC3)nn2)n1. The van der Waals surface area contributed by atoms with Crippen LogP contribution in [0.1, 0.15) is 33.2 Å². The fraction of sp³-hybridized carbons (Fsp3) is 0.421. The molecule has 1 amide bonds. The van der Waals surface area contributed by atoms with E-state index in [1.807, 2.05) is 36.9 Å². The number of nitrogens with zero attached hydrogens (tertiary/aromatic N) is 7. The van der Waals surface area contributed by atoms with Crippen LogP contribution in [0, 0.1) is 27.7 Å². The Morgan fingerprint density at radius 2 is 1.68 bits per heavy atom. The highest BCUT2D eigenvalue weighted by Crippen LogP contribution is 2.19. The number of amides is 1. The van der Waals surface area contributed by atoms with Crippen molar-refractivity contribution in [3.63, 3.8) is 0 Å². The summed E-state index contributed by atoms with van der Waals surface area (Å²) in [4.78, 5) is 16.7. The van der Waals surface area contributed by atoms with Gasteiger partial charge in [-0.25, -0.2) is 4.68 Å². The van der Waals surface area contributed by atoms with E-state index in [0.717, 1.165) is 17.2 Å². The van der Waals surface area contributed by atoms with E-state index in [4.69, 9.17) is 4.52 Å². The zero-order valence-electron chi connectivity index (χ0n) is 16.5. The van der Waals surface area contributed by atoms with Crippen LogP contribution in [-0.4, -0.2) is 62.1 Å². The molecule has 0 unspecified atom stereocenters. The van der Waals surface area contributed by atoms with Crippen molar-refractivity contribution < 1.29 is 9.32 Å². The van der Waals surface area contributed by atoms with Gasteiger partial charge in [-0.1, -0.05) is 5.16 Å². The van der Waals surface area contributed by atoms with Crippen LogP contribution in [0.15, 0.2) is 22.7 Å². The Morgan fingerprint density at radius 3 is 2.21 bits per heavy atom. The maximum absolute atomic E-state index is 12.8. The summed E-state index contributed by atoms with van der Waals surface area (Å²) in [5.74, 6) is 2.04. The van der Waals surface area contributed by atoms with Crippen LogP contribution in [0.5, 0.6) is 0 Å². The van der Waals surface area contributed by atoms with Gasteiger partial charge in [0.1, 0.15) is 11.3 Å². The Kier molecular flexibility index (Phi) is 4.58. The molecule has 0 radical (unpaired) electrons. The van der Waals surface area contributed by atoms with Crippen LogP contribution >= 0.6 is 0 Å². The van der Waals surface area contributed by atoms with Gasteiger partial charge in [0.25, 0.3) is 5.91 Å². The first-order valence-corrected chi connectivity index (χ1v) is 9.28. The first-order chi connectivity index (χ1) is 13.4. The Hall–Kier alpha value is -3.23. The van der Waals surface area contributed by atoms with Gasteiger partial charge < -0.3 is 14.3 Å². The number of aryl methyl sites for hydroxylation is 4. The molecule has 9 nitrogen and oxygen atoms in total. The third-order valence-electron chi connectivity index (χ3n) is 5.00. The summed E-state index contributed by atoms with van der Waals surface area (Å²) in [5, 5.41) is 17.0. The minimum absolute atomic E-state index is 0.0261. The van der Waals surface area contributed by atoms with Crippen molar-refractivity contribution in [2.45, 2.75) is 27.7 Å². The summed E-state index contributed by atoms with van der Waals surface area (Å²) in [6.45, 7) is 10.1. The summed E-state index contributed by atoms with van der Waals surface area (Å²) in [7, 11) is 0. The summed E-state index contributed by atoms with van der Waals surface area (Å²) in [6.07, 6.45) is 0. The molecular formula is C19H23N7O2. The molecule has 0 N–H and O–H groups in total. The predicted molar refractivity (Wildman–Crippen MR) is 103 cm³/mol. The standard InChI is InChI=1S/C19H23N7O2/c1-12-11-13(2)26(22-12)17-6-5-16(20-21-17)24-7-9-25(10-8-24)19(27)18-14(3)23-28-15(18)4/h5-6,11H,7-10H2,1-4H3. The molecule has 4 rings (SSSR count). The first-order valence-electron chi connectivity index (χ1n) is 9.28. The molecule has 146 valence electrons. The van der Waals surface area contributed by atoms with Gasteiger partial charge in [-0.2, -0.15) is 5.10 Å². The van der Waals surface area contributed by atoms with E-state index in [2.05, 4.69) is 25.4 Å². The number of anilines is 1. The molecule has 0 bridgehead atoms. The van der Waals surface area contributed by atoms with Gasteiger partial charge >= 0.3 is 0 Å².